The van der Waals surface area contributed by atoms with E-state index >= 15 is 0 Å². The summed E-state index contributed by atoms with van der Waals surface area (Å²) in [5, 5.41) is 11.1. The molecule has 8 rings (SSSR count). The van der Waals surface area contributed by atoms with Crippen LogP contribution in [0.4, 0.5) is 0 Å². The van der Waals surface area contributed by atoms with Crippen molar-refractivity contribution in [3.63, 3.8) is 0 Å². The third-order valence-corrected chi connectivity index (χ3v) is 9.00. The van der Waals surface area contributed by atoms with Crippen molar-refractivity contribution in [2.75, 3.05) is 0 Å². The Bertz CT molecular complexity index is 1710. The van der Waals surface area contributed by atoms with E-state index in [4.69, 9.17) is 0 Å². The summed E-state index contributed by atoms with van der Waals surface area (Å²) in [5.41, 5.74) is 11.0. The molecule has 0 radical (unpaired) electrons. The van der Waals surface area contributed by atoms with Gasteiger partial charge in [-0.1, -0.05) is 74.2 Å². The van der Waals surface area contributed by atoms with Crippen LogP contribution >= 0.6 is 0 Å². The molecule has 4 heteroatoms. The second kappa shape index (κ2) is 19.2. The Morgan fingerprint density at radius 2 is 0.438 bits per heavy atom. The van der Waals surface area contributed by atoms with E-state index in [2.05, 4.69) is 177 Å². The maximum Gasteiger partial charge on any atom is 2.00 e. The Labute approximate surface area is 323 Å². The molecule has 48 heavy (non-hydrogen) atoms. The van der Waals surface area contributed by atoms with Gasteiger partial charge in [0.2, 0.25) is 0 Å². The molecule has 0 heterocycles. The molecule has 0 aromatic heterocycles. The van der Waals surface area contributed by atoms with Crippen LogP contribution in [0.15, 0.2) is 121 Å². The van der Waals surface area contributed by atoms with Crippen molar-refractivity contribution < 1.29 is 61.8 Å². The predicted octanol–water partition coefficient (Wildman–Crippen LogP) is 6.71. The SMILES string of the molecule is Cc1ccc(C)c2[cH-]ccc12.Cc1ccc(C)c2[cH-]ccc12.Cc1ccc(C)c2[cH-]ccc12.Cc1ccc(C)c2[cH-]ccc12.[F-].[F-].[Zr+2].[Zr+2]. The van der Waals surface area contributed by atoms with Crippen molar-refractivity contribution in [1.82, 2.24) is 0 Å². The Morgan fingerprint density at radius 3 is 0.604 bits per heavy atom. The average Bonchev–Trinajstić information content (AvgIpc) is 3.84. The van der Waals surface area contributed by atoms with E-state index in [9.17, 15) is 0 Å². The van der Waals surface area contributed by atoms with E-state index in [0.29, 0.717) is 0 Å². The van der Waals surface area contributed by atoms with Crippen LogP contribution in [-0.2, 0) is 52.4 Å². The fourth-order valence-electron chi connectivity index (χ4n) is 6.15. The Hall–Kier alpha value is -3.05. The molecule has 244 valence electrons. The van der Waals surface area contributed by atoms with Gasteiger partial charge in [-0.2, -0.15) is 48.5 Å². The van der Waals surface area contributed by atoms with Gasteiger partial charge in [0.15, 0.2) is 0 Å². The van der Waals surface area contributed by atoms with Gasteiger partial charge in [0.05, 0.1) is 0 Å². The summed E-state index contributed by atoms with van der Waals surface area (Å²) < 4.78 is 0. The Kier molecular flexibility index (Phi) is 17.2. The molecule has 0 aliphatic rings. The molecule has 0 saturated carbocycles. The van der Waals surface area contributed by atoms with Gasteiger partial charge in [0.25, 0.3) is 0 Å². The first-order valence-electron chi connectivity index (χ1n) is 15.6. The molecule has 0 spiro atoms. The molecule has 0 nitrogen and oxygen atoms in total. The van der Waals surface area contributed by atoms with Crippen molar-refractivity contribution in [1.29, 1.82) is 0 Å². The number of halogens is 2. The van der Waals surface area contributed by atoms with Crippen molar-refractivity contribution in [3.8, 4) is 0 Å². The summed E-state index contributed by atoms with van der Waals surface area (Å²) >= 11 is 0. The van der Waals surface area contributed by atoms with Gasteiger partial charge in [-0.3, -0.25) is 0 Å². The number of rotatable bonds is 0. The minimum absolute atomic E-state index is 0. The third kappa shape index (κ3) is 9.55. The van der Waals surface area contributed by atoms with E-state index in [0.717, 1.165) is 0 Å². The van der Waals surface area contributed by atoms with Crippen molar-refractivity contribution in [2.24, 2.45) is 0 Å². The first-order chi connectivity index (χ1) is 21.2. The van der Waals surface area contributed by atoms with Gasteiger partial charge in [-0.25, -0.2) is 0 Å². The van der Waals surface area contributed by atoms with Gasteiger partial charge >= 0.3 is 52.4 Å². The van der Waals surface area contributed by atoms with Crippen molar-refractivity contribution in [3.05, 3.63) is 166 Å². The van der Waals surface area contributed by atoms with Crippen LogP contribution in [0.3, 0.4) is 0 Å². The van der Waals surface area contributed by atoms with E-state index < -0.39 is 0 Å². The smallest absolute Gasteiger partial charge is 1.00 e. The summed E-state index contributed by atoms with van der Waals surface area (Å²) in [6.45, 7) is 17.2. The van der Waals surface area contributed by atoms with Crippen molar-refractivity contribution >= 4 is 43.1 Å². The molecule has 0 unspecified atom stereocenters. The molecule has 0 saturated heterocycles. The Balaban J connectivity index is 0.000000311. The van der Waals surface area contributed by atoms with Crippen LogP contribution in [0.2, 0.25) is 0 Å². The predicted molar refractivity (Wildman–Crippen MR) is 196 cm³/mol. The fraction of sp³-hybridized carbons (Fsp3) is 0.182. The minimum Gasteiger partial charge on any atom is -1.00 e. The van der Waals surface area contributed by atoms with Gasteiger partial charge < -0.3 is 9.41 Å². The van der Waals surface area contributed by atoms with Gasteiger partial charge in [-0.05, 0) is 27.7 Å². The van der Waals surface area contributed by atoms with Crippen LogP contribution in [0.5, 0.6) is 0 Å². The van der Waals surface area contributed by atoms with Crippen molar-refractivity contribution in [2.45, 2.75) is 55.4 Å². The van der Waals surface area contributed by atoms with Crippen LogP contribution < -0.4 is 9.41 Å². The second-order valence-electron chi connectivity index (χ2n) is 12.2. The number of fused-ring (bicyclic) bond motifs is 4. The van der Waals surface area contributed by atoms with E-state index in [1.54, 1.807) is 0 Å². The molecule has 0 N–H and O–H groups in total. The molecule has 0 atom stereocenters. The molecule has 0 amide bonds. The first-order valence-corrected chi connectivity index (χ1v) is 15.6. The second-order valence-corrected chi connectivity index (χ2v) is 12.2. The summed E-state index contributed by atoms with van der Waals surface area (Å²) in [6, 6.07) is 43.3. The zero-order valence-electron chi connectivity index (χ0n) is 29.3. The number of aryl methyl sites for hydroxylation is 8. The third-order valence-electron chi connectivity index (χ3n) is 9.00. The first kappa shape index (κ1) is 43.0. The largest absolute Gasteiger partial charge is 2.00 e. The maximum absolute atomic E-state index is 2.18. The monoisotopic (exact) mass is 790 g/mol. The number of hydrogen-bond donors (Lipinski definition) is 0. The maximum atomic E-state index is 2.18. The number of hydrogen-bond acceptors (Lipinski definition) is 0. The van der Waals surface area contributed by atoms with E-state index in [1.165, 1.54) is 87.6 Å². The quantitative estimate of drug-likeness (QED) is 0.150. The molecule has 8 aromatic carbocycles. The normalized spacial score (nSPS) is 9.83. The zero-order valence-corrected chi connectivity index (χ0v) is 34.2. The molecule has 0 bridgehead atoms. The van der Waals surface area contributed by atoms with E-state index in [-0.39, 0.29) is 61.8 Å². The van der Waals surface area contributed by atoms with Crippen LogP contribution in [0, 0.1) is 55.4 Å². The summed E-state index contributed by atoms with van der Waals surface area (Å²) in [7, 11) is 0. The fourth-order valence-corrected chi connectivity index (χ4v) is 6.15. The average molecular weight is 793 g/mol. The van der Waals surface area contributed by atoms with Crippen LogP contribution in [0.1, 0.15) is 44.5 Å². The minimum atomic E-state index is 0. The zero-order chi connectivity index (χ0) is 31.4. The van der Waals surface area contributed by atoms with Crippen LogP contribution in [-0.4, -0.2) is 0 Å². The van der Waals surface area contributed by atoms with Gasteiger partial charge in [0.1, 0.15) is 0 Å². The summed E-state index contributed by atoms with van der Waals surface area (Å²) in [5.74, 6) is 0. The molecule has 8 aromatic rings. The topological polar surface area (TPSA) is 0 Å². The summed E-state index contributed by atoms with van der Waals surface area (Å²) in [6.07, 6.45) is 0. The van der Waals surface area contributed by atoms with Gasteiger partial charge in [-0.15, -0.1) is 114 Å². The van der Waals surface area contributed by atoms with Gasteiger partial charge in [0, 0.05) is 0 Å². The standard InChI is InChI=1S/4C11H11.2FH.2Zr/c4*1-8-6-7-9(2)11-5-3-4-10(8)11;;;;/h4*3-7H,1-2H3;2*1H;;/q4*-1;;;2*+2/p-2. The van der Waals surface area contributed by atoms with Crippen LogP contribution in [0.25, 0.3) is 43.1 Å². The molecular weight excluding hydrogens is 749 g/mol. The Morgan fingerprint density at radius 1 is 0.271 bits per heavy atom. The number of benzene rings is 4. The molecular formula is C44H44F2Zr2-2. The molecule has 0 fully saturated rings. The summed E-state index contributed by atoms with van der Waals surface area (Å²) in [4.78, 5) is 0. The molecule has 0 aliphatic carbocycles. The van der Waals surface area contributed by atoms with E-state index in [1.807, 2.05) is 0 Å². The molecule has 0 aliphatic heterocycles.